The van der Waals surface area contributed by atoms with E-state index in [0.717, 1.165) is 0 Å². The van der Waals surface area contributed by atoms with Gasteiger partial charge in [-0.3, -0.25) is 4.79 Å². The number of halogens is 1. The molecule has 166 valence electrons. The van der Waals surface area contributed by atoms with Crippen molar-refractivity contribution in [2.24, 2.45) is 19.2 Å². The molecule has 2 N–H and O–H groups in total. The maximum Gasteiger partial charge on any atom is 0.338 e. The van der Waals surface area contributed by atoms with Crippen molar-refractivity contribution in [1.82, 2.24) is 9.13 Å². The van der Waals surface area contributed by atoms with E-state index in [4.69, 9.17) is 11.6 Å². The lowest BCUT2D eigenvalue weighted by Crippen LogP contribution is -2.21. The average molecular weight is 466 g/mol. The van der Waals surface area contributed by atoms with E-state index in [2.05, 4.69) is 11.8 Å². The molecule has 1 aromatic carbocycles. The first-order valence-corrected chi connectivity index (χ1v) is 10.0. The van der Waals surface area contributed by atoms with E-state index in [-0.39, 0.29) is 27.3 Å². The fourth-order valence-electron chi connectivity index (χ4n) is 3.69. The van der Waals surface area contributed by atoms with E-state index in [1.54, 1.807) is 43.1 Å². The van der Waals surface area contributed by atoms with Crippen LogP contribution in [-0.2, 0) is 14.1 Å². The van der Waals surface area contributed by atoms with Crippen molar-refractivity contribution < 1.29 is 24.5 Å². The maximum absolute atomic E-state index is 12.5. The van der Waals surface area contributed by atoms with Gasteiger partial charge in [-0.2, -0.15) is 0 Å². The summed E-state index contributed by atoms with van der Waals surface area (Å²) in [5.41, 5.74) is 1.04. The second-order valence-electron chi connectivity index (χ2n) is 7.42. The van der Waals surface area contributed by atoms with E-state index in [1.807, 2.05) is 0 Å². The monoisotopic (exact) mass is 465 g/mol. The molecule has 9 nitrogen and oxygen atoms in total. The molecule has 0 fully saturated rings. The average Bonchev–Trinajstić information content (AvgIpc) is 2.77. The zero-order valence-corrected chi connectivity index (χ0v) is 18.4. The Morgan fingerprint density at radius 3 is 2.45 bits per heavy atom. The van der Waals surface area contributed by atoms with Crippen LogP contribution in [0.15, 0.2) is 58.6 Å². The van der Waals surface area contributed by atoms with Gasteiger partial charge in [0.2, 0.25) is 5.49 Å². The molecular weight excluding hydrogens is 448 g/mol. The van der Waals surface area contributed by atoms with Gasteiger partial charge in [0, 0.05) is 36.8 Å². The van der Waals surface area contributed by atoms with Crippen molar-refractivity contribution in [3.8, 4) is 11.3 Å². The Kier molecular flexibility index (Phi) is 5.35. The number of carboxylic acid groups (broad SMARTS) is 2. The lowest BCUT2D eigenvalue weighted by molar-refractivity contribution is -0.441. The quantitative estimate of drug-likeness (QED) is 0.208. The number of hydrogen-bond acceptors (Lipinski definition) is 4. The van der Waals surface area contributed by atoms with Gasteiger partial charge in [0.05, 0.1) is 16.7 Å². The molecule has 0 spiro atoms. The zero-order chi connectivity index (χ0) is 24.0. The van der Waals surface area contributed by atoms with Gasteiger partial charge in [-0.25, -0.2) is 9.59 Å². The molecule has 1 aliphatic carbocycles. The molecule has 0 atom stereocenters. The van der Waals surface area contributed by atoms with E-state index >= 15 is 0 Å². The summed E-state index contributed by atoms with van der Waals surface area (Å²) in [5.74, 6) is -2.28. The highest BCUT2D eigenvalue weighted by Gasteiger charge is 2.26. The number of rotatable bonds is 4. The van der Waals surface area contributed by atoms with Crippen LogP contribution in [0.3, 0.4) is 0 Å². The molecule has 0 radical (unpaired) electrons. The highest BCUT2D eigenvalue weighted by Crippen LogP contribution is 2.33. The normalized spacial score (nSPS) is 11.8. The largest absolute Gasteiger partial charge is 0.478 e. The Hall–Kier alpha value is -4.24. The number of carboxylic acids is 2. The fourth-order valence-corrected chi connectivity index (χ4v) is 3.91. The Balaban J connectivity index is 1.98. The van der Waals surface area contributed by atoms with Crippen LogP contribution in [0.5, 0.6) is 0 Å². The van der Waals surface area contributed by atoms with Crippen molar-refractivity contribution in [3.63, 3.8) is 0 Å². The van der Waals surface area contributed by atoms with Gasteiger partial charge in [-0.1, -0.05) is 16.3 Å². The van der Waals surface area contributed by atoms with Crippen LogP contribution in [0.1, 0.15) is 20.7 Å². The summed E-state index contributed by atoms with van der Waals surface area (Å²) in [4.78, 5) is 35.3. The smallest absolute Gasteiger partial charge is 0.338 e. The second-order valence-corrected chi connectivity index (χ2v) is 7.77. The molecule has 2 heterocycles. The number of hydrogen-bond donors (Lipinski definition) is 2. The number of fused-ring (bicyclic) bond motifs is 2. The predicted octanol–water partition coefficient (Wildman–Crippen LogP) is 2.89. The number of carbonyl (C=O) groups is 2. The predicted molar refractivity (Wildman–Crippen MR) is 123 cm³/mol. The number of nitrogens with zero attached hydrogens (tertiary/aromatic N) is 4. The zero-order valence-electron chi connectivity index (χ0n) is 17.6. The first-order valence-electron chi connectivity index (χ1n) is 9.63. The van der Waals surface area contributed by atoms with Crippen molar-refractivity contribution in [1.29, 1.82) is 0 Å². The van der Waals surface area contributed by atoms with E-state index in [9.17, 15) is 24.6 Å². The van der Waals surface area contributed by atoms with Gasteiger partial charge in [-0.05, 0) is 41.8 Å². The first-order chi connectivity index (χ1) is 15.6. The topological polar surface area (TPSA) is 117 Å². The Labute approximate surface area is 191 Å². The van der Waals surface area contributed by atoms with Crippen LogP contribution in [0.4, 0.5) is 5.69 Å². The Morgan fingerprint density at radius 2 is 1.79 bits per heavy atom. The molecule has 2 aromatic rings. The highest BCUT2D eigenvalue weighted by atomic mass is 35.5. The van der Waals surface area contributed by atoms with Crippen molar-refractivity contribution >= 4 is 46.7 Å². The highest BCUT2D eigenvalue weighted by molar-refractivity contribution is 6.32. The molecule has 0 saturated carbocycles. The van der Waals surface area contributed by atoms with Gasteiger partial charge in [0.1, 0.15) is 10.8 Å². The maximum atomic E-state index is 12.5. The van der Waals surface area contributed by atoms with E-state index in [1.165, 1.54) is 33.5 Å². The minimum atomic E-state index is -1.25. The lowest BCUT2D eigenvalue weighted by atomic mass is 10.0. The third kappa shape index (κ3) is 3.68. The molecule has 1 aromatic heterocycles. The van der Waals surface area contributed by atoms with Crippen molar-refractivity contribution in [2.75, 3.05) is 0 Å². The summed E-state index contributed by atoms with van der Waals surface area (Å²) in [6.07, 6.45) is 1.75. The van der Waals surface area contributed by atoms with Crippen molar-refractivity contribution in [2.45, 2.75) is 0 Å². The number of aromatic nitrogens is 2. The number of aryl methyl sites for hydroxylation is 1. The molecule has 0 bridgehead atoms. The van der Waals surface area contributed by atoms with Crippen LogP contribution in [0, 0.1) is 0 Å². The Bertz CT molecular complexity index is 1600. The molecule has 33 heavy (non-hydrogen) atoms. The molecule has 1 aliphatic heterocycles. The Morgan fingerprint density at radius 1 is 1.06 bits per heavy atom. The number of benzene rings is 2. The summed E-state index contributed by atoms with van der Waals surface area (Å²) in [7, 11) is 3.34. The van der Waals surface area contributed by atoms with Gasteiger partial charge < -0.3 is 19.3 Å². The van der Waals surface area contributed by atoms with Gasteiger partial charge >= 0.3 is 11.9 Å². The summed E-state index contributed by atoms with van der Waals surface area (Å²) < 4.78 is 4.48. The van der Waals surface area contributed by atoms with Gasteiger partial charge in [-0.15, -0.1) is 0 Å². The third-order valence-electron chi connectivity index (χ3n) is 5.37. The van der Waals surface area contributed by atoms with Crippen LogP contribution >= 0.6 is 11.6 Å². The lowest BCUT2D eigenvalue weighted by Gasteiger charge is -2.15. The molecule has 2 aliphatic rings. The van der Waals surface area contributed by atoms with Crippen LogP contribution in [0.2, 0.25) is 5.15 Å². The van der Waals surface area contributed by atoms with Crippen molar-refractivity contribution in [3.05, 3.63) is 80.7 Å². The SMILES string of the molecule is C=[N+](/N=c1/c2ccc(C(=O)O)cc2ccn1C)c1ccc(=O)c2cc(C(=O)O)c(Cl)n(C)c1-2. The standard InChI is InChI=1S/C23H17ClN4O5/c1-26-9-8-12-10-13(22(30)31)4-5-14(12)21(26)25-28(3)17-6-7-18(29)15-11-16(23(32)33)20(24)27(2)19(15)17/h4-11H,3H2,1-2H3,(H-,30,31,32,33)/p+1/b25-21-. The third-order valence-corrected chi connectivity index (χ3v) is 5.83. The van der Waals surface area contributed by atoms with Gasteiger partial charge in [0.25, 0.3) is 5.69 Å². The first kappa shape index (κ1) is 22.0. The summed E-state index contributed by atoms with van der Waals surface area (Å²) in [6, 6.07) is 10.6. The molecule has 10 heteroatoms. The number of pyridine rings is 2. The fraction of sp³-hybridized carbons (Fsp3) is 0.0870. The van der Waals surface area contributed by atoms with Gasteiger partial charge in [0.15, 0.2) is 12.1 Å². The minimum absolute atomic E-state index is 0.0489. The van der Waals surface area contributed by atoms with Crippen LogP contribution < -0.4 is 10.9 Å². The molecule has 0 amide bonds. The molecular formula is C23H18ClN4O5+. The van der Waals surface area contributed by atoms with E-state index in [0.29, 0.717) is 27.6 Å². The minimum Gasteiger partial charge on any atom is -0.478 e. The summed E-state index contributed by atoms with van der Waals surface area (Å²) in [6.45, 7) is 3.99. The van der Waals surface area contributed by atoms with Crippen LogP contribution in [-0.4, -0.2) is 42.7 Å². The summed E-state index contributed by atoms with van der Waals surface area (Å²) in [5, 5.41) is 24.6. The molecule has 0 saturated heterocycles. The molecule has 4 rings (SSSR count). The number of aromatic carboxylic acids is 2. The second kappa shape index (κ2) is 8.03. The van der Waals surface area contributed by atoms with E-state index < -0.39 is 11.9 Å². The summed E-state index contributed by atoms with van der Waals surface area (Å²) >= 11 is 6.26. The molecule has 0 unspecified atom stereocenters. The van der Waals surface area contributed by atoms with Crippen LogP contribution in [0.25, 0.3) is 22.0 Å².